The summed E-state index contributed by atoms with van der Waals surface area (Å²) in [6, 6.07) is 11.5. The molecule has 1 aliphatic rings. The maximum Gasteiger partial charge on any atom is 0.262 e. The molecular weight excluding hydrogens is 486 g/mol. The number of anilines is 1. The van der Waals surface area contributed by atoms with Crippen LogP contribution in [0.1, 0.15) is 37.3 Å². The molecule has 1 aliphatic heterocycles. The molecule has 2 amide bonds. The standard InChI is InChI=1S/C25H32BrN3O4/c1-3-32-22-15-19(16-27-11-5-13-29-12-4-6-24(29)31)14-21(26)25(22)33-17-23(30)28-20-9-7-18(2)8-10-20/h7-10,14-15,27H,3-6,11-13,16-17H2,1-2H3,(H,28,30). The van der Waals surface area contributed by atoms with E-state index in [4.69, 9.17) is 9.47 Å². The van der Waals surface area contributed by atoms with Crippen LogP contribution in [0.2, 0.25) is 0 Å². The molecule has 0 spiro atoms. The molecular formula is C25H32BrN3O4. The Labute approximate surface area is 204 Å². The number of nitrogens with zero attached hydrogens (tertiary/aromatic N) is 1. The van der Waals surface area contributed by atoms with Gasteiger partial charge in [0.2, 0.25) is 5.91 Å². The van der Waals surface area contributed by atoms with E-state index in [1.54, 1.807) is 0 Å². The highest BCUT2D eigenvalue weighted by molar-refractivity contribution is 9.10. The van der Waals surface area contributed by atoms with Crippen molar-refractivity contribution in [1.29, 1.82) is 0 Å². The van der Waals surface area contributed by atoms with Gasteiger partial charge in [-0.1, -0.05) is 17.7 Å². The number of hydrogen-bond donors (Lipinski definition) is 2. The van der Waals surface area contributed by atoms with Gasteiger partial charge in [0, 0.05) is 31.7 Å². The zero-order chi connectivity index (χ0) is 23.6. The van der Waals surface area contributed by atoms with E-state index in [1.807, 2.05) is 55.1 Å². The molecule has 2 N–H and O–H groups in total. The lowest BCUT2D eigenvalue weighted by molar-refractivity contribution is -0.127. The van der Waals surface area contributed by atoms with E-state index in [9.17, 15) is 9.59 Å². The lowest BCUT2D eigenvalue weighted by atomic mass is 10.2. The first kappa shape index (κ1) is 25.1. The zero-order valence-electron chi connectivity index (χ0n) is 19.3. The maximum atomic E-state index is 12.3. The molecule has 178 valence electrons. The molecule has 1 heterocycles. The number of rotatable bonds is 12. The molecule has 2 aromatic carbocycles. The molecule has 3 rings (SSSR count). The summed E-state index contributed by atoms with van der Waals surface area (Å²) in [6.07, 6.45) is 2.58. The molecule has 0 saturated carbocycles. The van der Waals surface area contributed by atoms with Crippen LogP contribution in [0.25, 0.3) is 0 Å². The van der Waals surface area contributed by atoms with Gasteiger partial charge in [-0.15, -0.1) is 0 Å². The summed E-state index contributed by atoms with van der Waals surface area (Å²) in [5.74, 6) is 1.13. The lowest BCUT2D eigenvalue weighted by Gasteiger charge is -2.17. The van der Waals surface area contributed by atoms with Crippen molar-refractivity contribution in [3.8, 4) is 11.5 Å². The molecule has 1 fully saturated rings. The topological polar surface area (TPSA) is 79.9 Å². The second-order valence-electron chi connectivity index (χ2n) is 8.06. The van der Waals surface area contributed by atoms with Crippen molar-refractivity contribution >= 4 is 33.4 Å². The maximum absolute atomic E-state index is 12.3. The largest absolute Gasteiger partial charge is 0.490 e. The predicted molar refractivity (Wildman–Crippen MR) is 133 cm³/mol. The van der Waals surface area contributed by atoms with E-state index in [0.29, 0.717) is 31.1 Å². The van der Waals surface area contributed by atoms with Crippen molar-refractivity contribution < 1.29 is 19.1 Å². The van der Waals surface area contributed by atoms with Crippen LogP contribution in [0.15, 0.2) is 40.9 Å². The Morgan fingerprint density at radius 2 is 1.97 bits per heavy atom. The average molecular weight is 518 g/mol. The van der Waals surface area contributed by atoms with Crippen LogP contribution in [0.3, 0.4) is 0 Å². The summed E-state index contributed by atoms with van der Waals surface area (Å²) in [6.45, 7) is 7.44. The highest BCUT2D eigenvalue weighted by Gasteiger charge is 2.19. The van der Waals surface area contributed by atoms with Gasteiger partial charge in [-0.05, 0) is 79.0 Å². The number of likely N-dealkylation sites (tertiary alicyclic amines) is 1. The molecule has 0 radical (unpaired) electrons. The number of halogens is 1. The highest BCUT2D eigenvalue weighted by Crippen LogP contribution is 2.37. The summed E-state index contributed by atoms with van der Waals surface area (Å²) in [5.41, 5.74) is 2.90. The summed E-state index contributed by atoms with van der Waals surface area (Å²) < 4.78 is 12.3. The molecule has 0 bridgehead atoms. The molecule has 0 aromatic heterocycles. The Hall–Kier alpha value is -2.58. The third kappa shape index (κ3) is 7.75. The Bertz CT molecular complexity index is 949. The van der Waals surface area contributed by atoms with E-state index >= 15 is 0 Å². The molecule has 0 atom stereocenters. The van der Waals surface area contributed by atoms with Gasteiger partial charge in [0.25, 0.3) is 5.91 Å². The van der Waals surface area contributed by atoms with Crippen molar-refractivity contribution in [2.75, 3.05) is 38.2 Å². The minimum absolute atomic E-state index is 0.126. The van der Waals surface area contributed by atoms with E-state index in [0.717, 1.165) is 53.8 Å². The van der Waals surface area contributed by atoms with Gasteiger partial charge in [-0.3, -0.25) is 9.59 Å². The van der Waals surface area contributed by atoms with Gasteiger partial charge in [0.1, 0.15) is 0 Å². The first-order valence-corrected chi connectivity index (χ1v) is 12.2. The lowest BCUT2D eigenvalue weighted by Crippen LogP contribution is -2.28. The van der Waals surface area contributed by atoms with Gasteiger partial charge < -0.3 is 25.0 Å². The van der Waals surface area contributed by atoms with E-state index in [1.165, 1.54) is 0 Å². The zero-order valence-corrected chi connectivity index (χ0v) is 20.9. The summed E-state index contributed by atoms with van der Waals surface area (Å²) in [4.78, 5) is 25.9. The Kier molecular flexibility index (Phi) is 9.57. The molecule has 2 aromatic rings. The molecule has 7 nitrogen and oxygen atoms in total. The number of nitrogens with one attached hydrogen (secondary N) is 2. The third-order valence-electron chi connectivity index (χ3n) is 5.33. The smallest absolute Gasteiger partial charge is 0.262 e. The number of ether oxygens (including phenoxy) is 2. The van der Waals surface area contributed by atoms with Crippen LogP contribution in [0, 0.1) is 6.92 Å². The Morgan fingerprint density at radius 3 is 2.67 bits per heavy atom. The van der Waals surface area contributed by atoms with Crippen molar-refractivity contribution in [3.63, 3.8) is 0 Å². The van der Waals surface area contributed by atoms with Gasteiger partial charge in [0.05, 0.1) is 11.1 Å². The van der Waals surface area contributed by atoms with Crippen LogP contribution in [0.4, 0.5) is 5.69 Å². The molecule has 0 unspecified atom stereocenters. The van der Waals surface area contributed by atoms with Gasteiger partial charge >= 0.3 is 0 Å². The highest BCUT2D eigenvalue weighted by atomic mass is 79.9. The van der Waals surface area contributed by atoms with Gasteiger partial charge in [0.15, 0.2) is 18.1 Å². The molecule has 1 saturated heterocycles. The first-order chi connectivity index (χ1) is 16.0. The van der Waals surface area contributed by atoms with Crippen LogP contribution in [-0.4, -0.2) is 49.6 Å². The quantitative estimate of drug-likeness (QED) is 0.411. The number of carbonyl (C=O) groups excluding carboxylic acids is 2. The van der Waals surface area contributed by atoms with E-state index in [2.05, 4.69) is 26.6 Å². The normalized spacial score (nSPS) is 13.3. The molecule has 8 heteroatoms. The van der Waals surface area contributed by atoms with Crippen LogP contribution >= 0.6 is 15.9 Å². The second kappa shape index (κ2) is 12.6. The summed E-state index contributed by atoms with van der Waals surface area (Å²) in [7, 11) is 0. The van der Waals surface area contributed by atoms with Crippen LogP contribution in [-0.2, 0) is 16.1 Å². The van der Waals surface area contributed by atoms with E-state index in [-0.39, 0.29) is 18.4 Å². The van der Waals surface area contributed by atoms with Crippen molar-refractivity contribution in [2.45, 2.75) is 39.7 Å². The number of hydrogen-bond acceptors (Lipinski definition) is 5. The van der Waals surface area contributed by atoms with Crippen molar-refractivity contribution in [2.24, 2.45) is 0 Å². The van der Waals surface area contributed by atoms with Crippen molar-refractivity contribution in [1.82, 2.24) is 10.2 Å². The third-order valence-corrected chi connectivity index (χ3v) is 5.92. The van der Waals surface area contributed by atoms with Crippen LogP contribution < -0.4 is 20.1 Å². The number of benzene rings is 2. The monoisotopic (exact) mass is 517 g/mol. The number of amides is 2. The van der Waals surface area contributed by atoms with E-state index < -0.39 is 0 Å². The SMILES string of the molecule is CCOc1cc(CNCCCN2CCCC2=O)cc(Br)c1OCC(=O)Nc1ccc(C)cc1. The van der Waals surface area contributed by atoms with Crippen molar-refractivity contribution in [3.05, 3.63) is 52.0 Å². The fraction of sp³-hybridized carbons (Fsp3) is 0.440. The first-order valence-electron chi connectivity index (χ1n) is 11.4. The predicted octanol–water partition coefficient (Wildman–Crippen LogP) is 4.28. The molecule has 33 heavy (non-hydrogen) atoms. The minimum atomic E-state index is -0.240. The fourth-order valence-electron chi connectivity index (χ4n) is 3.67. The average Bonchev–Trinajstić information content (AvgIpc) is 3.19. The second-order valence-corrected chi connectivity index (χ2v) is 8.91. The summed E-state index contributed by atoms with van der Waals surface area (Å²) in [5, 5.41) is 6.25. The van der Waals surface area contributed by atoms with Gasteiger partial charge in [-0.25, -0.2) is 0 Å². The number of aryl methyl sites for hydroxylation is 1. The molecule has 0 aliphatic carbocycles. The Morgan fingerprint density at radius 1 is 1.18 bits per heavy atom. The fourth-order valence-corrected chi connectivity index (χ4v) is 4.27. The van der Waals surface area contributed by atoms with Gasteiger partial charge in [-0.2, -0.15) is 0 Å². The van der Waals surface area contributed by atoms with Crippen LogP contribution in [0.5, 0.6) is 11.5 Å². The Balaban J connectivity index is 1.51. The number of carbonyl (C=O) groups is 2. The minimum Gasteiger partial charge on any atom is -0.490 e. The summed E-state index contributed by atoms with van der Waals surface area (Å²) >= 11 is 3.56.